The van der Waals surface area contributed by atoms with Crippen molar-refractivity contribution in [2.45, 2.75) is 17.4 Å². The van der Waals surface area contributed by atoms with Gasteiger partial charge < -0.3 is 14.5 Å². The Hall–Kier alpha value is -1.76. The first-order chi connectivity index (χ1) is 12.3. The van der Waals surface area contributed by atoms with Crippen LogP contribution in [0, 0.1) is 0 Å². The van der Waals surface area contributed by atoms with Crippen LogP contribution in [-0.2, 0) is 9.53 Å². The monoisotopic (exact) mass is 360 g/mol. The molecule has 1 N–H and O–H groups in total. The van der Waals surface area contributed by atoms with Crippen molar-refractivity contribution in [1.82, 2.24) is 10.2 Å². The lowest BCUT2D eigenvalue weighted by atomic mass is 10.1. The van der Waals surface area contributed by atoms with Gasteiger partial charge in [-0.25, -0.2) is 0 Å². The molecule has 1 aromatic carbocycles. The topological polar surface area (TPSA) is 54.7 Å². The number of hydrogen-bond donors (Lipinski definition) is 1. The fraction of sp³-hybridized carbons (Fsp3) is 0.421. The molecule has 1 aliphatic heterocycles. The summed E-state index contributed by atoms with van der Waals surface area (Å²) in [6.07, 6.45) is 2.19. The summed E-state index contributed by atoms with van der Waals surface area (Å²) >= 11 is 1.70. The molecule has 1 fully saturated rings. The van der Waals surface area contributed by atoms with Crippen LogP contribution < -0.4 is 5.32 Å². The molecule has 0 spiro atoms. The van der Waals surface area contributed by atoms with Gasteiger partial charge >= 0.3 is 0 Å². The number of benzene rings is 1. The molecule has 0 radical (unpaired) electrons. The molecule has 6 heteroatoms. The molecule has 3 rings (SSSR count). The van der Waals surface area contributed by atoms with E-state index >= 15 is 0 Å². The maximum Gasteiger partial charge on any atom is 0.220 e. The van der Waals surface area contributed by atoms with E-state index in [1.54, 1.807) is 18.0 Å². The Morgan fingerprint density at radius 1 is 1.16 bits per heavy atom. The zero-order chi connectivity index (χ0) is 17.3. The van der Waals surface area contributed by atoms with Gasteiger partial charge in [-0.2, -0.15) is 0 Å². The minimum atomic E-state index is 0.0598. The van der Waals surface area contributed by atoms with Crippen LogP contribution in [0.3, 0.4) is 0 Å². The van der Waals surface area contributed by atoms with Crippen LogP contribution >= 0.6 is 11.8 Å². The summed E-state index contributed by atoms with van der Waals surface area (Å²) in [5.41, 5.74) is 0. The van der Waals surface area contributed by atoms with Crippen LogP contribution in [0.25, 0.3) is 0 Å². The molecular formula is C19H24N2O3S. The highest BCUT2D eigenvalue weighted by molar-refractivity contribution is 7.99. The van der Waals surface area contributed by atoms with Crippen molar-refractivity contribution in [1.29, 1.82) is 0 Å². The van der Waals surface area contributed by atoms with Crippen LogP contribution in [-0.4, -0.2) is 49.4 Å². The number of rotatable bonds is 8. The van der Waals surface area contributed by atoms with Gasteiger partial charge in [0.05, 0.1) is 25.5 Å². The molecule has 1 saturated heterocycles. The number of ether oxygens (including phenoxy) is 1. The van der Waals surface area contributed by atoms with E-state index in [-0.39, 0.29) is 11.9 Å². The van der Waals surface area contributed by atoms with Crippen LogP contribution in [0.4, 0.5) is 0 Å². The number of thioether (sulfide) groups is 1. The van der Waals surface area contributed by atoms with Crippen molar-refractivity contribution in [2.75, 3.05) is 38.6 Å². The first-order valence-corrected chi connectivity index (χ1v) is 9.61. The lowest BCUT2D eigenvalue weighted by Crippen LogP contribution is -2.43. The zero-order valence-electron chi connectivity index (χ0n) is 14.2. The Labute approximate surface area is 152 Å². The maximum absolute atomic E-state index is 12.2. The summed E-state index contributed by atoms with van der Waals surface area (Å²) in [5.74, 6) is 1.74. The second kappa shape index (κ2) is 9.65. The molecule has 1 aliphatic rings. The molecule has 1 amide bonds. The fourth-order valence-electron chi connectivity index (χ4n) is 2.86. The van der Waals surface area contributed by atoms with Gasteiger partial charge in [-0.05, 0) is 24.3 Å². The van der Waals surface area contributed by atoms with Gasteiger partial charge in [0.2, 0.25) is 5.91 Å². The third-order valence-electron chi connectivity index (χ3n) is 4.19. The molecule has 1 atom stereocenters. The number of nitrogens with zero attached hydrogens (tertiary/aromatic N) is 1. The first-order valence-electron chi connectivity index (χ1n) is 8.62. The van der Waals surface area contributed by atoms with Gasteiger partial charge in [0.15, 0.2) is 0 Å². The van der Waals surface area contributed by atoms with E-state index in [1.165, 1.54) is 4.90 Å². The summed E-state index contributed by atoms with van der Waals surface area (Å²) in [6.45, 7) is 3.70. The predicted molar refractivity (Wildman–Crippen MR) is 98.6 cm³/mol. The Kier molecular flexibility index (Phi) is 6.97. The van der Waals surface area contributed by atoms with Gasteiger partial charge in [-0.3, -0.25) is 9.69 Å². The normalized spacial score (nSPS) is 16.5. The Balaban J connectivity index is 1.46. The lowest BCUT2D eigenvalue weighted by Gasteiger charge is -2.33. The van der Waals surface area contributed by atoms with Crippen molar-refractivity contribution in [3.05, 3.63) is 54.5 Å². The van der Waals surface area contributed by atoms with E-state index in [2.05, 4.69) is 22.3 Å². The van der Waals surface area contributed by atoms with E-state index in [1.807, 2.05) is 30.3 Å². The van der Waals surface area contributed by atoms with E-state index in [4.69, 9.17) is 9.15 Å². The Bertz CT molecular complexity index is 627. The van der Waals surface area contributed by atoms with Crippen molar-refractivity contribution >= 4 is 17.7 Å². The molecule has 0 bridgehead atoms. The average Bonchev–Trinajstić information content (AvgIpc) is 3.18. The van der Waals surface area contributed by atoms with E-state index < -0.39 is 0 Å². The number of morpholine rings is 1. The van der Waals surface area contributed by atoms with Gasteiger partial charge in [0.1, 0.15) is 5.76 Å². The smallest absolute Gasteiger partial charge is 0.220 e. The summed E-state index contributed by atoms with van der Waals surface area (Å²) in [6, 6.07) is 14.1. The second-order valence-corrected chi connectivity index (χ2v) is 7.06. The molecule has 2 aromatic rings. The number of carbonyl (C=O) groups excluding carboxylic acids is 1. The number of amides is 1. The third kappa shape index (κ3) is 5.63. The molecule has 2 heterocycles. The minimum absolute atomic E-state index is 0.0598. The van der Waals surface area contributed by atoms with E-state index in [0.29, 0.717) is 13.0 Å². The molecule has 1 unspecified atom stereocenters. The van der Waals surface area contributed by atoms with Crippen LogP contribution in [0.1, 0.15) is 18.2 Å². The Morgan fingerprint density at radius 3 is 2.68 bits per heavy atom. The zero-order valence-corrected chi connectivity index (χ0v) is 15.0. The van der Waals surface area contributed by atoms with Crippen LogP contribution in [0.2, 0.25) is 0 Å². The van der Waals surface area contributed by atoms with E-state index in [0.717, 1.165) is 37.8 Å². The average molecular weight is 360 g/mol. The van der Waals surface area contributed by atoms with Crippen molar-refractivity contribution in [3.8, 4) is 0 Å². The predicted octanol–water partition coefficient (Wildman–Crippen LogP) is 2.95. The summed E-state index contributed by atoms with van der Waals surface area (Å²) < 4.78 is 11.0. The van der Waals surface area contributed by atoms with Crippen molar-refractivity contribution in [2.24, 2.45) is 0 Å². The van der Waals surface area contributed by atoms with E-state index in [9.17, 15) is 4.79 Å². The lowest BCUT2D eigenvalue weighted by molar-refractivity contribution is -0.121. The highest BCUT2D eigenvalue weighted by Crippen LogP contribution is 2.22. The third-order valence-corrected chi connectivity index (χ3v) is 5.21. The molecule has 25 heavy (non-hydrogen) atoms. The SMILES string of the molecule is O=C(CCSc1ccccc1)NCC(c1ccco1)N1CCOCC1. The number of hydrogen-bond acceptors (Lipinski definition) is 5. The van der Waals surface area contributed by atoms with Gasteiger partial charge in [0, 0.05) is 36.7 Å². The standard InChI is InChI=1S/C19H24N2O3S/c22-19(8-14-25-16-5-2-1-3-6-16)20-15-17(18-7-4-11-24-18)21-9-12-23-13-10-21/h1-7,11,17H,8-10,12-15H2,(H,20,22). The molecule has 1 aromatic heterocycles. The number of furan rings is 1. The minimum Gasteiger partial charge on any atom is -0.468 e. The molecule has 134 valence electrons. The molecule has 5 nitrogen and oxygen atoms in total. The molecular weight excluding hydrogens is 336 g/mol. The van der Waals surface area contributed by atoms with Crippen LogP contribution in [0.15, 0.2) is 58.0 Å². The second-order valence-electron chi connectivity index (χ2n) is 5.90. The van der Waals surface area contributed by atoms with Gasteiger partial charge in [-0.1, -0.05) is 18.2 Å². The largest absolute Gasteiger partial charge is 0.468 e. The van der Waals surface area contributed by atoms with Crippen LogP contribution in [0.5, 0.6) is 0 Å². The van der Waals surface area contributed by atoms with Gasteiger partial charge in [0.25, 0.3) is 0 Å². The van der Waals surface area contributed by atoms with Crippen molar-refractivity contribution in [3.63, 3.8) is 0 Å². The Morgan fingerprint density at radius 2 is 1.96 bits per heavy atom. The highest BCUT2D eigenvalue weighted by atomic mass is 32.2. The molecule has 0 saturated carbocycles. The maximum atomic E-state index is 12.2. The summed E-state index contributed by atoms with van der Waals surface area (Å²) in [7, 11) is 0. The van der Waals surface area contributed by atoms with Crippen molar-refractivity contribution < 1.29 is 13.9 Å². The molecule has 0 aliphatic carbocycles. The fourth-order valence-corrected chi connectivity index (χ4v) is 3.73. The number of carbonyl (C=O) groups is 1. The summed E-state index contributed by atoms with van der Waals surface area (Å²) in [4.78, 5) is 15.7. The highest BCUT2D eigenvalue weighted by Gasteiger charge is 2.25. The first kappa shape index (κ1) is 18.0. The quantitative estimate of drug-likeness (QED) is 0.734. The summed E-state index contributed by atoms with van der Waals surface area (Å²) in [5, 5.41) is 3.06. The van der Waals surface area contributed by atoms with Gasteiger partial charge in [-0.15, -0.1) is 11.8 Å². The number of nitrogens with one attached hydrogen (secondary N) is 1.